The van der Waals surface area contributed by atoms with Crippen LogP contribution in [-0.4, -0.2) is 18.9 Å². The monoisotopic (exact) mass is 316 g/mol. The van der Waals surface area contributed by atoms with Gasteiger partial charge in [0.15, 0.2) is 0 Å². The molecule has 0 bridgehead atoms. The number of nitrogens with one attached hydrogen (secondary N) is 1. The number of hydrogen-bond donors (Lipinski definition) is 1. The zero-order chi connectivity index (χ0) is 16.6. The van der Waals surface area contributed by atoms with Crippen LogP contribution in [0.2, 0.25) is 0 Å². The van der Waals surface area contributed by atoms with Crippen molar-refractivity contribution in [3.8, 4) is 0 Å². The van der Waals surface area contributed by atoms with Gasteiger partial charge in [-0.15, -0.1) is 0 Å². The molecule has 2 aromatic rings. The zero-order valence-electron chi connectivity index (χ0n) is 12.4. The minimum atomic E-state index is -0.820. The molecule has 1 aliphatic rings. The van der Waals surface area contributed by atoms with Gasteiger partial charge in [0, 0.05) is 18.8 Å². The van der Waals surface area contributed by atoms with Crippen LogP contribution in [0.4, 0.5) is 20.2 Å². The number of hydrogen-bond acceptors (Lipinski definition) is 2. The highest BCUT2D eigenvalue weighted by molar-refractivity contribution is 6.01. The summed E-state index contributed by atoms with van der Waals surface area (Å²) in [5.41, 5.74) is 2.37. The van der Waals surface area contributed by atoms with E-state index in [0.717, 1.165) is 22.9 Å². The maximum absolute atomic E-state index is 13.5. The number of carbonyl (C=O) groups is 2. The predicted molar refractivity (Wildman–Crippen MR) is 82.2 cm³/mol. The molecule has 0 aliphatic carbocycles. The molecule has 4 nitrogen and oxygen atoms in total. The molecule has 0 saturated carbocycles. The number of likely N-dealkylation sites (N-methyl/N-ethyl adjacent to an activating group) is 1. The summed E-state index contributed by atoms with van der Waals surface area (Å²) in [5, 5.41) is 2.41. The molecule has 2 amide bonds. The third-order valence-corrected chi connectivity index (χ3v) is 3.79. The number of carbonyl (C=O) groups excluding carboxylic acids is 2. The maximum Gasteiger partial charge on any atom is 0.231 e. The van der Waals surface area contributed by atoms with E-state index in [4.69, 9.17) is 0 Å². The molecule has 0 fully saturated rings. The smallest absolute Gasteiger partial charge is 0.231 e. The Balaban J connectivity index is 1.71. The lowest BCUT2D eigenvalue weighted by molar-refractivity contribution is -0.117. The molecule has 118 valence electrons. The van der Waals surface area contributed by atoms with Gasteiger partial charge < -0.3 is 10.2 Å². The van der Waals surface area contributed by atoms with Crippen molar-refractivity contribution in [1.82, 2.24) is 0 Å². The quantitative estimate of drug-likeness (QED) is 0.946. The lowest BCUT2D eigenvalue weighted by Gasteiger charge is -2.11. The Bertz CT molecular complexity index is 805. The summed E-state index contributed by atoms with van der Waals surface area (Å²) in [6, 6.07) is 8.33. The van der Waals surface area contributed by atoms with Gasteiger partial charge in [-0.2, -0.15) is 0 Å². The fourth-order valence-electron chi connectivity index (χ4n) is 2.60. The maximum atomic E-state index is 13.5. The zero-order valence-corrected chi connectivity index (χ0v) is 12.4. The number of amides is 2. The molecule has 3 rings (SSSR count). The average Bonchev–Trinajstić information content (AvgIpc) is 2.77. The summed E-state index contributed by atoms with van der Waals surface area (Å²) in [6.07, 6.45) is 0.357. The Morgan fingerprint density at radius 3 is 2.74 bits per heavy atom. The van der Waals surface area contributed by atoms with Crippen molar-refractivity contribution in [3.63, 3.8) is 0 Å². The Morgan fingerprint density at radius 2 is 2.00 bits per heavy atom. The van der Waals surface area contributed by atoms with Crippen molar-refractivity contribution < 1.29 is 18.4 Å². The summed E-state index contributed by atoms with van der Waals surface area (Å²) < 4.78 is 26.4. The highest BCUT2D eigenvalue weighted by atomic mass is 19.1. The van der Waals surface area contributed by atoms with E-state index < -0.39 is 17.5 Å². The third kappa shape index (κ3) is 3.06. The van der Waals surface area contributed by atoms with E-state index in [1.165, 1.54) is 6.07 Å². The normalized spacial score (nSPS) is 13.2. The molecular formula is C17H14F2N2O2. The van der Waals surface area contributed by atoms with E-state index in [1.807, 2.05) is 0 Å². The molecule has 1 heterocycles. The van der Waals surface area contributed by atoms with Crippen LogP contribution >= 0.6 is 0 Å². The molecule has 0 unspecified atom stereocenters. The number of anilines is 2. The van der Waals surface area contributed by atoms with Crippen LogP contribution in [0.15, 0.2) is 36.4 Å². The molecule has 1 N–H and O–H groups in total. The second-order valence-corrected chi connectivity index (χ2v) is 5.44. The van der Waals surface area contributed by atoms with E-state index in [9.17, 15) is 18.4 Å². The second kappa shape index (κ2) is 5.79. The van der Waals surface area contributed by atoms with Crippen molar-refractivity contribution in [2.24, 2.45) is 0 Å². The van der Waals surface area contributed by atoms with Crippen LogP contribution < -0.4 is 10.2 Å². The fraction of sp³-hybridized carbons (Fsp3) is 0.176. The number of nitrogens with zero attached hydrogens (tertiary/aromatic N) is 1. The van der Waals surface area contributed by atoms with Crippen LogP contribution in [0.1, 0.15) is 11.1 Å². The molecule has 0 spiro atoms. The number of benzene rings is 2. The molecule has 0 atom stereocenters. The van der Waals surface area contributed by atoms with Gasteiger partial charge >= 0.3 is 0 Å². The van der Waals surface area contributed by atoms with Crippen molar-refractivity contribution in [2.45, 2.75) is 12.8 Å². The first-order valence-corrected chi connectivity index (χ1v) is 7.07. The van der Waals surface area contributed by atoms with Crippen LogP contribution in [0, 0.1) is 11.6 Å². The van der Waals surface area contributed by atoms with E-state index in [0.29, 0.717) is 12.5 Å². The number of halogens is 2. The summed E-state index contributed by atoms with van der Waals surface area (Å²) >= 11 is 0. The summed E-state index contributed by atoms with van der Waals surface area (Å²) in [6.45, 7) is 0. The SMILES string of the molecule is CN1C(=O)Cc2cc(CC(=O)Nc3ccc(F)cc3F)ccc21. The van der Waals surface area contributed by atoms with Gasteiger partial charge in [0.25, 0.3) is 0 Å². The van der Waals surface area contributed by atoms with Crippen LogP contribution in [0.3, 0.4) is 0 Å². The number of rotatable bonds is 3. The fourth-order valence-corrected chi connectivity index (χ4v) is 2.60. The van der Waals surface area contributed by atoms with E-state index >= 15 is 0 Å². The molecule has 23 heavy (non-hydrogen) atoms. The van der Waals surface area contributed by atoms with E-state index in [1.54, 1.807) is 30.1 Å². The minimum absolute atomic E-state index is 0.00925. The second-order valence-electron chi connectivity index (χ2n) is 5.44. The van der Waals surface area contributed by atoms with Crippen molar-refractivity contribution >= 4 is 23.2 Å². The average molecular weight is 316 g/mol. The van der Waals surface area contributed by atoms with Gasteiger partial charge in [-0.25, -0.2) is 8.78 Å². The minimum Gasteiger partial charge on any atom is -0.323 e. The highest BCUT2D eigenvalue weighted by Gasteiger charge is 2.24. The molecule has 1 aliphatic heterocycles. The van der Waals surface area contributed by atoms with Gasteiger partial charge in [-0.1, -0.05) is 12.1 Å². The van der Waals surface area contributed by atoms with Crippen LogP contribution in [0.5, 0.6) is 0 Å². The summed E-state index contributed by atoms with van der Waals surface area (Å²) in [5.74, 6) is -1.92. The van der Waals surface area contributed by atoms with Crippen molar-refractivity contribution in [1.29, 1.82) is 0 Å². The van der Waals surface area contributed by atoms with Crippen LogP contribution in [-0.2, 0) is 22.4 Å². The van der Waals surface area contributed by atoms with Gasteiger partial charge in [-0.3, -0.25) is 9.59 Å². The summed E-state index contributed by atoms with van der Waals surface area (Å²) in [4.78, 5) is 25.2. The van der Waals surface area contributed by atoms with Crippen LogP contribution in [0.25, 0.3) is 0 Å². The Hall–Kier alpha value is -2.76. The van der Waals surface area contributed by atoms with Gasteiger partial charge in [-0.05, 0) is 29.3 Å². The van der Waals surface area contributed by atoms with E-state index in [2.05, 4.69) is 5.32 Å². The lowest BCUT2D eigenvalue weighted by Crippen LogP contribution is -2.20. The number of fused-ring (bicyclic) bond motifs is 1. The molecular weight excluding hydrogens is 302 g/mol. The Labute approximate surface area is 131 Å². The first kappa shape index (κ1) is 15.1. The molecule has 0 saturated heterocycles. The van der Waals surface area contributed by atoms with E-state index in [-0.39, 0.29) is 18.0 Å². The highest BCUT2D eigenvalue weighted by Crippen LogP contribution is 2.28. The molecule has 6 heteroatoms. The predicted octanol–water partition coefficient (Wildman–Crippen LogP) is 2.66. The largest absolute Gasteiger partial charge is 0.323 e. The van der Waals surface area contributed by atoms with Gasteiger partial charge in [0.1, 0.15) is 11.6 Å². The standard InChI is InChI=1S/C17H14F2N2O2/c1-21-15-5-2-10(6-11(15)8-17(21)23)7-16(22)20-14-4-3-12(18)9-13(14)19/h2-6,9H,7-8H2,1H3,(H,20,22). The topological polar surface area (TPSA) is 49.4 Å². The van der Waals surface area contributed by atoms with Crippen molar-refractivity contribution in [2.75, 3.05) is 17.3 Å². The first-order valence-electron chi connectivity index (χ1n) is 7.07. The summed E-state index contributed by atoms with van der Waals surface area (Å²) in [7, 11) is 1.71. The van der Waals surface area contributed by atoms with Gasteiger partial charge in [0.05, 0.1) is 18.5 Å². The van der Waals surface area contributed by atoms with Gasteiger partial charge in [0.2, 0.25) is 11.8 Å². The molecule has 2 aromatic carbocycles. The first-order chi connectivity index (χ1) is 10.9. The lowest BCUT2D eigenvalue weighted by atomic mass is 10.1. The molecule has 0 aromatic heterocycles. The Morgan fingerprint density at radius 1 is 1.22 bits per heavy atom. The Kier molecular flexibility index (Phi) is 3.82. The molecule has 0 radical (unpaired) electrons. The van der Waals surface area contributed by atoms with Crippen molar-refractivity contribution in [3.05, 3.63) is 59.2 Å². The third-order valence-electron chi connectivity index (χ3n) is 3.79.